The number of nitrogens with two attached hydrogens (primary N) is 1. The van der Waals surface area contributed by atoms with Gasteiger partial charge < -0.3 is 0 Å². The van der Waals surface area contributed by atoms with E-state index in [9.17, 15) is 13.6 Å². The Bertz CT molecular complexity index is 178. The van der Waals surface area contributed by atoms with Crippen molar-refractivity contribution in [2.24, 2.45) is 5.84 Å². The number of hydrazine groups is 1. The Kier molecular flexibility index (Phi) is 5.24. The van der Waals surface area contributed by atoms with Gasteiger partial charge in [-0.15, -0.1) is 0 Å². The SMILES string of the molecule is CCC(C)SCC(F)(F)C(=O)NN. The van der Waals surface area contributed by atoms with Crippen molar-refractivity contribution >= 4 is 17.7 Å². The van der Waals surface area contributed by atoms with Gasteiger partial charge in [-0.25, -0.2) is 5.84 Å². The number of rotatable bonds is 5. The molecule has 0 aromatic rings. The Balaban J connectivity index is 3.95. The second-order valence-corrected chi connectivity index (χ2v) is 4.13. The van der Waals surface area contributed by atoms with Crippen LogP contribution in [-0.4, -0.2) is 22.8 Å². The topological polar surface area (TPSA) is 55.1 Å². The molecule has 1 amide bonds. The Hall–Kier alpha value is -0.360. The number of alkyl halides is 2. The third-order valence-corrected chi connectivity index (χ3v) is 3.02. The smallest absolute Gasteiger partial charge is 0.289 e. The summed E-state index contributed by atoms with van der Waals surface area (Å²) in [5.41, 5.74) is 1.44. The van der Waals surface area contributed by atoms with Crippen molar-refractivity contribution in [3.8, 4) is 0 Å². The molecule has 3 N–H and O–H groups in total. The van der Waals surface area contributed by atoms with Crippen molar-refractivity contribution in [3.63, 3.8) is 0 Å². The summed E-state index contributed by atoms with van der Waals surface area (Å²) in [6.45, 7) is 3.74. The van der Waals surface area contributed by atoms with Gasteiger partial charge in [0.2, 0.25) is 0 Å². The van der Waals surface area contributed by atoms with Gasteiger partial charge in [0.1, 0.15) is 0 Å². The predicted molar refractivity (Wildman–Crippen MR) is 49.5 cm³/mol. The first-order valence-corrected chi connectivity index (χ1v) is 4.99. The van der Waals surface area contributed by atoms with Gasteiger partial charge in [0.25, 0.3) is 0 Å². The minimum atomic E-state index is -3.37. The van der Waals surface area contributed by atoms with Crippen molar-refractivity contribution in [1.82, 2.24) is 5.43 Å². The van der Waals surface area contributed by atoms with Crippen molar-refractivity contribution in [1.29, 1.82) is 0 Å². The summed E-state index contributed by atoms with van der Waals surface area (Å²) < 4.78 is 25.6. The molecule has 0 aliphatic rings. The lowest BCUT2D eigenvalue weighted by molar-refractivity contribution is -0.142. The minimum absolute atomic E-state index is 0.122. The van der Waals surface area contributed by atoms with Crippen LogP contribution >= 0.6 is 11.8 Å². The molecule has 0 aliphatic carbocycles. The second-order valence-electron chi connectivity index (χ2n) is 2.71. The van der Waals surface area contributed by atoms with Gasteiger partial charge in [0.15, 0.2) is 0 Å². The maximum Gasteiger partial charge on any atom is 0.334 e. The van der Waals surface area contributed by atoms with E-state index in [1.807, 2.05) is 13.8 Å². The fourth-order valence-corrected chi connectivity index (χ4v) is 1.40. The molecule has 0 aliphatic heterocycles. The summed E-state index contributed by atoms with van der Waals surface area (Å²) in [7, 11) is 0. The van der Waals surface area contributed by atoms with Gasteiger partial charge in [0.05, 0.1) is 5.75 Å². The molecule has 0 aromatic heterocycles. The second kappa shape index (κ2) is 5.39. The van der Waals surface area contributed by atoms with E-state index in [4.69, 9.17) is 0 Å². The monoisotopic (exact) mass is 212 g/mol. The molecule has 78 valence electrons. The standard InChI is InChI=1S/C7H14F2N2OS/c1-3-5(2)13-4-7(8,9)6(12)11-10/h5H,3-4,10H2,1-2H3,(H,11,12). The Labute approximate surface area is 80.4 Å². The minimum Gasteiger partial charge on any atom is -0.289 e. The summed E-state index contributed by atoms with van der Waals surface area (Å²) in [6.07, 6.45) is 0.797. The zero-order valence-corrected chi connectivity index (χ0v) is 8.46. The first kappa shape index (κ1) is 12.6. The molecule has 0 saturated heterocycles. The molecule has 6 heteroatoms. The lowest BCUT2D eigenvalue weighted by atomic mass is 10.4. The van der Waals surface area contributed by atoms with E-state index in [2.05, 4.69) is 5.84 Å². The fourth-order valence-electron chi connectivity index (χ4n) is 0.536. The highest BCUT2D eigenvalue weighted by atomic mass is 32.2. The normalized spacial score (nSPS) is 13.9. The van der Waals surface area contributed by atoms with Crippen LogP contribution in [0.5, 0.6) is 0 Å². The predicted octanol–water partition coefficient (Wildman–Crippen LogP) is 1.14. The molecule has 0 heterocycles. The Morgan fingerprint density at radius 1 is 1.69 bits per heavy atom. The highest BCUT2D eigenvalue weighted by Crippen LogP contribution is 2.24. The highest BCUT2D eigenvalue weighted by Gasteiger charge is 2.38. The van der Waals surface area contributed by atoms with Crippen molar-refractivity contribution in [2.45, 2.75) is 31.4 Å². The van der Waals surface area contributed by atoms with Crippen LogP contribution in [0.25, 0.3) is 0 Å². The lowest BCUT2D eigenvalue weighted by Crippen LogP contribution is -2.45. The Morgan fingerprint density at radius 3 is 2.62 bits per heavy atom. The van der Waals surface area contributed by atoms with Crippen LogP contribution in [0.3, 0.4) is 0 Å². The summed E-state index contributed by atoms with van der Waals surface area (Å²) in [4.78, 5) is 10.5. The average Bonchev–Trinajstić information content (AvgIpc) is 2.12. The van der Waals surface area contributed by atoms with E-state index in [1.54, 1.807) is 0 Å². The molecule has 1 atom stereocenters. The number of carbonyl (C=O) groups excluding carboxylic acids is 1. The molecule has 13 heavy (non-hydrogen) atoms. The molecule has 0 bridgehead atoms. The molecule has 0 rings (SSSR count). The van der Waals surface area contributed by atoms with Gasteiger partial charge >= 0.3 is 11.8 Å². The first-order valence-electron chi connectivity index (χ1n) is 3.94. The number of hydrogen-bond donors (Lipinski definition) is 2. The van der Waals surface area contributed by atoms with Crippen molar-refractivity contribution in [2.75, 3.05) is 5.75 Å². The Morgan fingerprint density at radius 2 is 2.23 bits per heavy atom. The largest absolute Gasteiger partial charge is 0.334 e. The molecule has 0 fully saturated rings. The van der Waals surface area contributed by atoms with E-state index < -0.39 is 17.6 Å². The molecular weight excluding hydrogens is 198 g/mol. The van der Waals surface area contributed by atoms with E-state index in [0.29, 0.717) is 0 Å². The molecule has 3 nitrogen and oxygen atoms in total. The van der Waals surface area contributed by atoms with Crippen LogP contribution in [0.1, 0.15) is 20.3 Å². The molecule has 1 unspecified atom stereocenters. The summed E-state index contributed by atoms with van der Waals surface area (Å²) in [5, 5.41) is 0.122. The van der Waals surface area contributed by atoms with Gasteiger partial charge in [-0.1, -0.05) is 13.8 Å². The number of halogens is 2. The van der Waals surface area contributed by atoms with Gasteiger partial charge in [-0.3, -0.25) is 10.2 Å². The van der Waals surface area contributed by atoms with Gasteiger partial charge in [-0.05, 0) is 6.42 Å². The van der Waals surface area contributed by atoms with E-state index in [1.165, 1.54) is 5.43 Å². The average molecular weight is 212 g/mol. The van der Waals surface area contributed by atoms with Crippen LogP contribution in [0.15, 0.2) is 0 Å². The quantitative estimate of drug-likeness (QED) is 0.408. The molecule has 0 saturated carbocycles. The van der Waals surface area contributed by atoms with Gasteiger partial charge in [-0.2, -0.15) is 20.5 Å². The fraction of sp³-hybridized carbons (Fsp3) is 0.857. The third-order valence-electron chi connectivity index (χ3n) is 1.59. The number of nitrogens with one attached hydrogen (secondary N) is 1. The number of thioether (sulfide) groups is 1. The van der Waals surface area contributed by atoms with Crippen LogP contribution in [0, 0.1) is 0 Å². The van der Waals surface area contributed by atoms with Crippen LogP contribution < -0.4 is 11.3 Å². The molecule has 0 spiro atoms. The van der Waals surface area contributed by atoms with Gasteiger partial charge in [0, 0.05) is 5.25 Å². The van der Waals surface area contributed by atoms with Crippen LogP contribution in [0.2, 0.25) is 0 Å². The summed E-state index contributed by atoms with van der Waals surface area (Å²) >= 11 is 1.06. The molecule has 0 radical (unpaired) electrons. The van der Waals surface area contributed by atoms with Crippen LogP contribution in [0.4, 0.5) is 8.78 Å². The summed E-state index contributed by atoms with van der Waals surface area (Å²) in [5.74, 6) is -0.714. The lowest BCUT2D eigenvalue weighted by Gasteiger charge is -2.15. The molecule has 0 aromatic carbocycles. The van der Waals surface area contributed by atoms with E-state index in [-0.39, 0.29) is 5.25 Å². The summed E-state index contributed by atoms with van der Waals surface area (Å²) in [6, 6.07) is 0. The van der Waals surface area contributed by atoms with Crippen LogP contribution in [-0.2, 0) is 4.79 Å². The zero-order chi connectivity index (χ0) is 10.5. The van der Waals surface area contributed by atoms with Crippen molar-refractivity contribution in [3.05, 3.63) is 0 Å². The highest BCUT2D eigenvalue weighted by molar-refractivity contribution is 7.99. The van der Waals surface area contributed by atoms with E-state index in [0.717, 1.165) is 18.2 Å². The van der Waals surface area contributed by atoms with E-state index >= 15 is 0 Å². The molecular formula is C7H14F2N2OS. The van der Waals surface area contributed by atoms with Crippen molar-refractivity contribution < 1.29 is 13.6 Å². The number of amides is 1. The third kappa shape index (κ3) is 4.42. The number of carbonyl (C=O) groups is 1. The maximum absolute atomic E-state index is 12.8. The first-order chi connectivity index (χ1) is 5.94. The number of hydrogen-bond acceptors (Lipinski definition) is 3. The zero-order valence-electron chi connectivity index (χ0n) is 7.64. The maximum atomic E-state index is 12.8.